The van der Waals surface area contributed by atoms with E-state index in [1.807, 2.05) is 0 Å². The van der Waals surface area contributed by atoms with Crippen molar-refractivity contribution in [1.82, 2.24) is 0 Å². The van der Waals surface area contributed by atoms with Gasteiger partial charge in [0.2, 0.25) is 0 Å². The van der Waals surface area contributed by atoms with Gasteiger partial charge in [0, 0.05) is 0 Å². The van der Waals surface area contributed by atoms with E-state index in [1.165, 1.54) is 18.2 Å². The Bertz CT molecular complexity index is 380. The van der Waals surface area contributed by atoms with E-state index in [2.05, 4.69) is 0 Å². The smallest absolute Gasteiger partial charge is 0.261 e. The van der Waals surface area contributed by atoms with Crippen LogP contribution in [0.15, 0.2) is 18.2 Å². The number of alkyl halides is 2. The average Bonchev–Trinajstić information content (AvgIpc) is 2.09. The molecule has 0 N–H and O–H groups in total. The molecule has 0 saturated heterocycles. The Balaban J connectivity index is 3.33. The fourth-order valence-corrected chi connectivity index (χ4v) is 1.68. The first-order valence-electron chi connectivity index (χ1n) is 3.34. The second-order valence-corrected chi connectivity index (χ2v) is 4.47. The van der Waals surface area contributed by atoms with Crippen molar-refractivity contribution in [3.8, 4) is 0 Å². The Morgan fingerprint density at radius 1 is 1.29 bits per heavy atom. The van der Waals surface area contributed by atoms with E-state index in [9.17, 15) is 10.1 Å². The largest absolute Gasteiger partial charge is 0.398 e. The van der Waals surface area contributed by atoms with Crippen molar-refractivity contribution in [2.75, 3.05) is 0 Å². The van der Waals surface area contributed by atoms with Gasteiger partial charge in [-0.15, -0.1) is 0 Å². The summed E-state index contributed by atoms with van der Waals surface area (Å²) in [6.45, 7) is 0. The molecule has 0 saturated carbocycles. The zero-order chi connectivity index (χ0) is 10.9. The molecule has 14 heavy (non-hydrogen) atoms. The summed E-state index contributed by atoms with van der Waals surface area (Å²) >= 11 is 22.4. The first-order chi connectivity index (χ1) is 6.37. The van der Waals surface area contributed by atoms with Gasteiger partial charge in [-0.3, -0.25) is 10.1 Å². The maximum Gasteiger partial charge on any atom is 0.398 e. The van der Waals surface area contributed by atoms with Gasteiger partial charge < -0.3 is 0 Å². The van der Waals surface area contributed by atoms with Crippen molar-refractivity contribution in [2.24, 2.45) is 0 Å². The highest BCUT2D eigenvalue weighted by Crippen LogP contribution is 2.40. The Kier molecular flexibility index (Phi) is 3.48. The molecule has 0 aliphatic rings. The first kappa shape index (κ1) is 11.9. The van der Waals surface area contributed by atoms with Crippen molar-refractivity contribution in [2.45, 2.75) is 4.46 Å². The Hall–Kier alpha value is -0.220. The summed E-state index contributed by atoms with van der Waals surface area (Å²) in [4.78, 5) is 9.67. The van der Waals surface area contributed by atoms with E-state index < -0.39 is 9.38 Å². The minimum Gasteiger partial charge on any atom is -0.261 e. The fourth-order valence-electron chi connectivity index (χ4n) is 0.834. The van der Waals surface area contributed by atoms with Crippen molar-refractivity contribution in [1.29, 1.82) is 0 Å². The lowest BCUT2D eigenvalue weighted by atomic mass is 10.2. The van der Waals surface area contributed by atoms with Crippen LogP contribution in [0.2, 0.25) is 10.0 Å². The highest BCUT2D eigenvalue weighted by atomic mass is 35.5. The quantitative estimate of drug-likeness (QED) is 0.356. The molecule has 0 atom stereocenters. The van der Waals surface area contributed by atoms with Crippen LogP contribution in [0.3, 0.4) is 0 Å². The van der Waals surface area contributed by atoms with Crippen LogP contribution in [0.25, 0.3) is 0 Å². The number of nitro groups is 1. The topological polar surface area (TPSA) is 43.1 Å². The summed E-state index contributed by atoms with van der Waals surface area (Å²) in [7, 11) is 0. The van der Waals surface area contributed by atoms with E-state index in [0.717, 1.165) is 0 Å². The normalized spacial score (nSPS) is 11.4. The summed E-state index contributed by atoms with van der Waals surface area (Å²) in [6.07, 6.45) is 0. The zero-order valence-corrected chi connectivity index (χ0v) is 9.53. The summed E-state index contributed by atoms with van der Waals surface area (Å²) in [5.74, 6) is 0. The number of hydrogen-bond acceptors (Lipinski definition) is 2. The van der Waals surface area contributed by atoms with Gasteiger partial charge >= 0.3 is 4.46 Å². The predicted octanol–water partition coefficient (Wildman–Crippen LogP) is 3.86. The van der Waals surface area contributed by atoms with Crippen molar-refractivity contribution < 1.29 is 4.92 Å². The zero-order valence-electron chi connectivity index (χ0n) is 6.51. The van der Waals surface area contributed by atoms with Crippen LogP contribution in [0.4, 0.5) is 0 Å². The van der Waals surface area contributed by atoms with Gasteiger partial charge in [-0.2, -0.15) is 0 Å². The second kappa shape index (κ2) is 4.11. The fraction of sp³-hybridized carbons (Fsp3) is 0.143. The lowest BCUT2D eigenvalue weighted by molar-refractivity contribution is -0.523. The number of rotatable bonds is 2. The lowest BCUT2D eigenvalue weighted by Gasteiger charge is -2.12. The summed E-state index contributed by atoms with van der Waals surface area (Å²) in [5.41, 5.74) is -0.0417. The molecule has 0 aliphatic heterocycles. The maximum atomic E-state index is 10.5. The molecule has 3 nitrogen and oxygen atoms in total. The molecular weight excluding hydrogens is 272 g/mol. The summed E-state index contributed by atoms with van der Waals surface area (Å²) in [6, 6.07) is 4.31. The molecule has 0 radical (unpaired) electrons. The van der Waals surface area contributed by atoms with Crippen LogP contribution < -0.4 is 0 Å². The SMILES string of the molecule is O=[N+]([O-])C(Cl)(Cl)c1cccc(Cl)c1Cl. The average molecular weight is 275 g/mol. The Morgan fingerprint density at radius 3 is 2.36 bits per heavy atom. The second-order valence-electron chi connectivity index (χ2n) is 2.40. The third-order valence-corrected chi connectivity index (χ3v) is 3.01. The van der Waals surface area contributed by atoms with Crippen LogP contribution in [0.1, 0.15) is 5.56 Å². The van der Waals surface area contributed by atoms with Crippen LogP contribution in [0.5, 0.6) is 0 Å². The van der Waals surface area contributed by atoms with Gasteiger partial charge in [0.15, 0.2) is 0 Å². The molecule has 1 aromatic carbocycles. The molecular formula is C7H3Cl4NO2. The number of halogens is 4. The van der Waals surface area contributed by atoms with Crippen LogP contribution >= 0.6 is 46.4 Å². The monoisotopic (exact) mass is 273 g/mol. The van der Waals surface area contributed by atoms with Gasteiger partial charge in [0.25, 0.3) is 0 Å². The van der Waals surface area contributed by atoms with E-state index in [-0.39, 0.29) is 15.6 Å². The molecule has 1 rings (SSSR count). The molecule has 0 spiro atoms. The minimum absolute atomic E-state index is 0.0177. The molecule has 0 fully saturated rings. The lowest BCUT2D eigenvalue weighted by Crippen LogP contribution is -2.22. The van der Waals surface area contributed by atoms with Crippen LogP contribution in [0, 0.1) is 10.1 Å². The van der Waals surface area contributed by atoms with Crippen molar-refractivity contribution >= 4 is 46.4 Å². The van der Waals surface area contributed by atoms with E-state index in [1.54, 1.807) is 0 Å². The third-order valence-electron chi connectivity index (χ3n) is 1.50. The number of nitrogens with zero attached hydrogens (tertiary/aromatic N) is 1. The number of hydrogen-bond donors (Lipinski definition) is 0. The maximum absolute atomic E-state index is 10.5. The van der Waals surface area contributed by atoms with Crippen molar-refractivity contribution in [3.63, 3.8) is 0 Å². The molecule has 0 amide bonds. The third kappa shape index (κ3) is 2.06. The van der Waals surface area contributed by atoms with Gasteiger partial charge in [0.05, 0.1) is 20.5 Å². The van der Waals surface area contributed by atoms with Crippen molar-refractivity contribution in [3.05, 3.63) is 43.9 Å². The highest BCUT2D eigenvalue weighted by molar-refractivity contribution is 6.49. The van der Waals surface area contributed by atoms with Gasteiger partial charge in [0.1, 0.15) is 0 Å². The van der Waals surface area contributed by atoms with Gasteiger partial charge in [-0.1, -0.05) is 29.3 Å². The molecule has 0 aromatic heterocycles. The highest BCUT2D eigenvalue weighted by Gasteiger charge is 2.42. The summed E-state index contributed by atoms with van der Waals surface area (Å²) < 4.78 is -2.28. The van der Waals surface area contributed by atoms with Gasteiger partial charge in [-0.05, 0) is 35.3 Å². The first-order valence-corrected chi connectivity index (χ1v) is 4.85. The molecule has 0 heterocycles. The van der Waals surface area contributed by atoms with Crippen LogP contribution in [-0.4, -0.2) is 4.92 Å². The minimum atomic E-state index is -2.28. The molecule has 7 heteroatoms. The molecule has 1 aromatic rings. The standard InChI is InChI=1S/C7H3Cl4NO2/c8-5-3-1-2-4(6(5)9)7(10,11)12(13)14/h1-3H. The predicted molar refractivity (Wildman–Crippen MR) is 56.8 cm³/mol. The van der Waals surface area contributed by atoms with E-state index in [0.29, 0.717) is 0 Å². The molecule has 0 aliphatic carbocycles. The van der Waals surface area contributed by atoms with Crippen LogP contribution in [-0.2, 0) is 4.46 Å². The van der Waals surface area contributed by atoms with E-state index >= 15 is 0 Å². The summed E-state index contributed by atoms with van der Waals surface area (Å²) in [5, 5.41) is 10.7. The van der Waals surface area contributed by atoms with E-state index in [4.69, 9.17) is 46.4 Å². The molecule has 0 bridgehead atoms. The Labute approximate surface area is 99.7 Å². The number of benzene rings is 1. The molecule has 0 unspecified atom stereocenters. The molecule has 76 valence electrons. The van der Waals surface area contributed by atoms with Gasteiger partial charge in [-0.25, -0.2) is 0 Å². The Morgan fingerprint density at radius 2 is 1.86 bits per heavy atom.